The minimum Gasteiger partial charge on any atom is -0.447 e. The predicted octanol–water partition coefficient (Wildman–Crippen LogP) is 4.26. The number of nitrogens with zero attached hydrogens (tertiary/aromatic N) is 5. The molecule has 12 heteroatoms. The lowest BCUT2D eigenvalue weighted by Crippen LogP contribution is -2.42. The van der Waals surface area contributed by atoms with E-state index < -0.39 is 30.1 Å². The Kier molecular flexibility index (Phi) is 6.59. The number of hydrogen-bond donors (Lipinski definition) is 2. The van der Waals surface area contributed by atoms with E-state index in [2.05, 4.69) is 25.3 Å². The summed E-state index contributed by atoms with van der Waals surface area (Å²) in [6, 6.07) is 4.03. The fourth-order valence-corrected chi connectivity index (χ4v) is 3.57. The van der Waals surface area contributed by atoms with E-state index in [0.717, 1.165) is 22.2 Å². The van der Waals surface area contributed by atoms with E-state index in [0.29, 0.717) is 15.9 Å². The van der Waals surface area contributed by atoms with E-state index >= 15 is 0 Å². The minimum atomic E-state index is -0.941. The van der Waals surface area contributed by atoms with E-state index in [-0.39, 0.29) is 18.4 Å². The van der Waals surface area contributed by atoms with Crippen molar-refractivity contribution in [3.8, 4) is 11.1 Å². The van der Waals surface area contributed by atoms with Crippen LogP contribution in [0.4, 0.5) is 21.0 Å². The topological polar surface area (TPSA) is 113 Å². The van der Waals surface area contributed by atoms with Crippen LogP contribution < -0.4 is 10.2 Å². The van der Waals surface area contributed by atoms with Crippen LogP contribution in [-0.4, -0.2) is 49.9 Å². The number of hydrogen-bond acceptors (Lipinski definition) is 8. The van der Waals surface area contributed by atoms with E-state index in [9.17, 15) is 14.3 Å². The second kappa shape index (κ2) is 9.42. The van der Waals surface area contributed by atoms with Gasteiger partial charge in [-0.2, -0.15) is 4.98 Å². The molecule has 0 bridgehead atoms. The van der Waals surface area contributed by atoms with Crippen molar-refractivity contribution in [2.45, 2.75) is 32.0 Å². The van der Waals surface area contributed by atoms with Crippen molar-refractivity contribution in [3.63, 3.8) is 0 Å². The smallest absolute Gasteiger partial charge is 0.416 e. The molecule has 2 aromatic heterocycles. The molecule has 172 valence electrons. The summed E-state index contributed by atoms with van der Waals surface area (Å²) in [4.78, 5) is 29.9. The number of aliphatic hydroxyl groups is 1. The molecule has 1 unspecified atom stereocenters. The van der Waals surface area contributed by atoms with Crippen LogP contribution in [-0.2, 0) is 4.74 Å². The summed E-state index contributed by atoms with van der Waals surface area (Å²) in [6.45, 7) is 3.19. The molecule has 1 fully saturated rings. The third-order valence-electron chi connectivity index (χ3n) is 5.07. The zero-order valence-corrected chi connectivity index (χ0v) is 19.0. The maximum atomic E-state index is 14.4. The van der Waals surface area contributed by atoms with Gasteiger partial charge in [0.25, 0.3) is 0 Å². The maximum Gasteiger partial charge on any atom is 0.416 e. The summed E-state index contributed by atoms with van der Waals surface area (Å²) in [5.41, 5.74) is 1.56. The number of carbonyl (C=O) groups is 1. The van der Waals surface area contributed by atoms with Gasteiger partial charge in [0.05, 0.1) is 28.4 Å². The molecule has 0 aliphatic carbocycles. The Bertz CT molecular complexity index is 1180. The Morgan fingerprint density at radius 1 is 1.15 bits per heavy atom. The molecule has 1 aliphatic rings. The fourth-order valence-electron chi connectivity index (χ4n) is 3.28. The van der Waals surface area contributed by atoms with Crippen molar-refractivity contribution in [2.24, 2.45) is 0 Å². The number of anilines is 2. The highest BCUT2D eigenvalue weighted by Gasteiger charge is 2.39. The van der Waals surface area contributed by atoms with Crippen LogP contribution in [0.25, 0.3) is 11.1 Å². The van der Waals surface area contributed by atoms with Crippen LogP contribution in [0.1, 0.15) is 25.7 Å². The molecule has 1 aromatic carbocycles. The predicted molar refractivity (Wildman–Crippen MR) is 121 cm³/mol. The Morgan fingerprint density at radius 2 is 1.88 bits per heavy atom. The molecule has 33 heavy (non-hydrogen) atoms. The second-order valence-electron chi connectivity index (χ2n) is 7.44. The van der Waals surface area contributed by atoms with Crippen LogP contribution >= 0.6 is 23.2 Å². The number of aliphatic hydroxyl groups excluding tert-OH is 1. The number of halogens is 3. The zero-order valence-electron chi connectivity index (χ0n) is 17.5. The summed E-state index contributed by atoms with van der Waals surface area (Å²) in [7, 11) is 0. The largest absolute Gasteiger partial charge is 0.447 e. The molecule has 2 N–H and O–H groups in total. The first kappa shape index (κ1) is 23.1. The van der Waals surface area contributed by atoms with Gasteiger partial charge in [-0.25, -0.2) is 29.0 Å². The molecule has 3 atom stereocenters. The average Bonchev–Trinajstić information content (AvgIpc) is 3.18. The maximum absolute atomic E-state index is 14.4. The highest BCUT2D eigenvalue weighted by Crippen LogP contribution is 2.29. The number of ether oxygens (including phenoxy) is 1. The van der Waals surface area contributed by atoms with E-state index in [1.807, 2.05) is 6.07 Å². The molecule has 1 aliphatic heterocycles. The lowest BCUT2D eigenvalue weighted by atomic mass is 10.1. The van der Waals surface area contributed by atoms with Crippen molar-refractivity contribution in [3.05, 3.63) is 58.5 Å². The number of cyclic esters (lactones) is 1. The average molecular weight is 493 g/mol. The lowest BCUT2D eigenvalue weighted by Gasteiger charge is -2.23. The minimum absolute atomic E-state index is 0.0557. The summed E-state index contributed by atoms with van der Waals surface area (Å²) in [5, 5.41) is 13.8. The van der Waals surface area contributed by atoms with Crippen LogP contribution in [0.3, 0.4) is 0 Å². The molecule has 0 radical (unpaired) electrons. The fraction of sp³-hybridized carbons (Fsp3) is 0.286. The Labute approximate surface area is 198 Å². The van der Waals surface area contributed by atoms with Gasteiger partial charge in [-0.15, -0.1) is 0 Å². The van der Waals surface area contributed by atoms with Crippen LogP contribution in [0.2, 0.25) is 10.0 Å². The van der Waals surface area contributed by atoms with Gasteiger partial charge in [0, 0.05) is 18.0 Å². The van der Waals surface area contributed by atoms with Crippen LogP contribution in [0.5, 0.6) is 0 Å². The molecule has 9 nitrogen and oxygen atoms in total. The second-order valence-corrected chi connectivity index (χ2v) is 8.26. The number of amides is 1. The quantitative estimate of drug-likeness (QED) is 0.524. The third kappa shape index (κ3) is 4.82. The molecule has 3 heterocycles. The molecule has 4 rings (SSSR count). The van der Waals surface area contributed by atoms with Crippen molar-refractivity contribution in [1.82, 2.24) is 19.9 Å². The molecule has 1 amide bonds. The summed E-state index contributed by atoms with van der Waals surface area (Å²) >= 11 is 12.0. The van der Waals surface area contributed by atoms with Crippen molar-refractivity contribution >= 4 is 41.1 Å². The first-order chi connectivity index (χ1) is 15.7. The van der Waals surface area contributed by atoms with Gasteiger partial charge in [0.1, 0.15) is 18.5 Å². The number of carbonyl (C=O) groups excluding carboxylic acids is 1. The van der Waals surface area contributed by atoms with Gasteiger partial charge in [0.2, 0.25) is 5.95 Å². The molecule has 0 saturated carbocycles. The van der Waals surface area contributed by atoms with Crippen LogP contribution in [0.15, 0.2) is 36.8 Å². The third-order valence-corrected chi connectivity index (χ3v) is 5.81. The molecular formula is C21H19Cl2FN6O3. The lowest BCUT2D eigenvalue weighted by molar-refractivity contribution is 0.142. The highest BCUT2D eigenvalue weighted by molar-refractivity contribution is 6.42. The first-order valence-corrected chi connectivity index (χ1v) is 10.7. The van der Waals surface area contributed by atoms with Gasteiger partial charge in [-0.1, -0.05) is 29.3 Å². The Balaban J connectivity index is 1.53. The van der Waals surface area contributed by atoms with Crippen molar-refractivity contribution in [1.29, 1.82) is 0 Å². The molecular weight excluding hydrogens is 474 g/mol. The van der Waals surface area contributed by atoms with Gasteiger partial charge < -0.3 is 15.2 Å². The van der Waals surface area contributed by atoms with E-state index in [4.69, 9.17) is 27.9 Å². The van der Waals surface area contributed by atoms with E-state index in [1.54, 1.807) is 31.5 Å². The number of rotatable bonds is 6. The molecule has 3 aromatic rings. The number of nitrogens with one attached hydrogen (secondary N) is 1. The first-order valence-electron chi connectivity index (χ1n) is 9.95. The zero-order chi connectivity index (χ0) is 23.7. The normalized spacial score (nSPS) is 17.6. The summed E-state index contributed by atoms with van der Waals surface area (Å²) < 4.78 is 19.4. The van der Waals surface area contributed by atoms with Gasteiger partial charge in [-0.05, 0) is 31.5 Å². The summed E-state index contributed by atoms with van der Waals surface area (Å²) in [6.07, 6.45) is 2.49. The SMILES string of the molecule is CC(Nc1ncc(F)c(N2C(=O)OC[C@@H]2[C@@H](C)O)n1)c1ncc(-c2ccc(Cl)c(Cl)c2)cn1. The molecule has 1 saturated heterocycles. The standard InChI is InChI=1S/C21H19Cl2FN6O3/c1-10(18-25-6-13(7-26-18)12-3-4-14(22)15(23)5-12)28-20-27-8-16(24)19(29-20)30-17(11(2)31)9-33-21(30)32/h3-8,10-11,17,31H,9H2,1-2H3,(H,27,28,29)/t10?,11-,17-/m1/s1. The highest BCUT2D eigenvalue weighted by atomic mass is 35.5. The number of aromatic nitrogens is 4. The van der Waals surface area contributed by atoms with Gasteiger partial charge >= 0.3 is 6.09 Å². The van der Waals surface area contributed by atoms with E-state index in [1.165, 1.54) is 6.92 Å². The van der Waals surface area contributed by atoms with Crippen molar-refractivity contribution < 1.29 is 19.0 Å². The monoisotopic (exact) mass is 492 g/mol. The number of benzene rings is 1. The molecule has 0 spiro atoms. The van der Waals surface area contributed by atoms with Gasteiger partial charge in [-0.3, -0.25) is 0 Å². The summed E-state index contributed by atoms with van der Waals surface area (Å²) in [5.74, 6) is -0.611. The Morgan fingerprint density at radius 3 is 2.55 bits per heavy atom. The van der Waals surface area contributed by atoms with Gasteiger partial charge in [0.15, 0.2) is 11.6 Å². The Hall–Kier alpha value is -3.08. The van der Waals surface area contributed by atoms with Crippen LogP contribution in [0, 0.1) is 5.82 Å². The van der Waals surface area contributed by atoms with Crippen molar-refractivity contribution in [2.75, 3.05) is 16.8 Å².